The molecule has 1 heterocycles. The van der Waals surface area contributed by atoms with Gasteiger partial charge in [0.05, 0.1) is 18.0 Å². The molecule has 0 aliphatic carbocycles. The van der Waals surface area contributed by atoms with Crippen LogP contribution in [0.15, 0.2) is 53.4 Å². The summed E-state index contributed by atoms with van der Waals surface area (Å²) in [5, 5.41) is 2.90. The predicted octanol–water partition coefficient (Wildman–Crippen LogP) is 2.98. The second-order valence-electron chi connectivity index (χ2n) is 7.73. The number of methoxy groups -OCH3 is 1. The molecule has 1 fully saturated rings. The van der Waals surface area contributed by atoms with Crippen molar-refractivity contribution in [1.82, 2.24) is 9.21 Å². The molecule has 0 radical (unpaired) electrons. The highest BCUT2D eigenvalue weighted by Gasteiger charge is 2.31. The van der Waals surface area contributed by atoms with Crippen LogP contribution < -0.4 is 10.1 Å². The maximum atomic E-state index is 13.0. The maximum Gasteiger partial charge on any atom is 0.243 e. The highest BCUT2D eigenvalue weighted by molar-refractivity contribution is 7.89. The summed E-state index contributed by atoms with van der Waals surface area (Å²) in [4.78, 5) is 15.0. The van der Waals surface area contributed by atoms with Crippen LogP contribution in [0.1, 0.15) is 25.8 Å². The van der Waals surface area contributed by atoms with Gasteiger partial charge in [-0.1, -0.05) is 31.5 Å². The van der Waals surface area contributed by atoms with Crippen molar-refractivity contribution in [2.24, 2.45) is 0 Å². The molecule has 0 spiro atoms. The zero-order valence-electron chi connectivity index (χ0n) is 18.4. The average molecular weight is 446 g/mol. The number of nitrogens with one attached hydrogen (secondary N) is 1. The number of rotatable bonds is 8. The number of carbonyl (C=O) groups is 1. The van der Waals surface area contributed by atoms with Gasteiger partial charge in [-0.2, -0.15) is 4.31 Å². The molecule has 1 saturated heterocycles. The molecule has 1 aliphatic rings. The number of sulfonamides is 1. The van der Waals surface area contributed by atoms with E-state index >= 15 is 0 Å². The molecule has 8 heteroatoms. The summed E-state index contributed by atoms with van der Waals surface area (Å²) in [6, 6.07) is 14.0. The first-order chi connectivity index (χ1) is 14.8. The van der Waals surface area contributed by atoms with Gasteiger partial charge in [-0.3, -0.25) is 9.69 Å². The molecule has 0 aromatic heterocycles. The third kappa shape index (κ3) is 5.64. The van der Waals surface area contributed by atoms with Gasteiger partial charge in [0.25, 0.3) is 0 Å². The van der Waals surface area contributed by atoms with Crippen LogP contribution in [-0.2, 0) is 21.2 Å². The van der Waals surface area contributed by atoms with Crippen molar-refractivity contribution in [3.05, 3.63) is 54.1 Å². The Bertz CT molecular complexity index is 984. The van der Waals surface area contributed by atoms with E-state index in [0.29, 0.717) is 42.5 Å². The van der Waals surface area contributed by atoms with E-state index in [-0.39, 0.29) is 11.9 Å². The number of piperazine rings is 1. The summed E-state index contributed by atoms with van der Waals surface area (Å²) in [6.45, 7) is 5.65. The largest absolute Gasteiger partial charge is 0.497 e. The molecule has 2 aromatic rings. The van der Waals surface area contributed by atoms with Gasteiger partial charge in [0.2, 0.25) is 15.9 Å². The van der Waals surface area contributed by atoms with Gasteiger partial charge in [0.15, 0.2) is 0 Å². The molecule has 1 aliphatic heterocycles. The second kappa shape index (κ2) is 10.3. The Labute approximate surface area is 185 Å². The van der Waals surface area contributed by atoms with Gasteiger partial charge in [-0.15, -0.1) is 0 Å². The van der Waals surface area contributed by atoms with Crippen LogP contribution in [-0.4, -0.2) is 62.9 Å². The molecule has 2 aromatic carbocycles. The average Bonchev–Trinajstić information content (AvgIpc) is 2.79. The van der Waals surface area contributed by atoms with Crippen LogP contribution in [0.3, 0.4) is 0 Å². The third-order valence-corrected chi connectivity index (χ3v) is 7.55. The summed E-state index contributed by atoms with van der Waals surface area (Å²) >= 11 is 0. The first kappa shape index (κ1) is 23.2. The van der Waals surface area contributed by atoms with Crippen LogP contribution >= 0.6 is 0 Å². The molecule has 0 saturated carbocycles. The van der Waals surface area contributed by atoms with Crippen molar-refractivity contribution in [2.75, 3.05) is 38.6 Å². The van der Waals surface area contributed by atoms with E-state index < -0.39 is 10.0 Å². The molecule has 168 valence electrons. The molecule has 1 unspecified atom stereocenters. The Morgan fingerprint density at radius 3 is 2.39 bits per heavy atom. The molecular formula is C23H31N3O4S. The van der Waals surface area contributed by atoms with Gasteiger partial charge >= 0.3 is 0 Å². The molecule has 3 rings (SSSR count). The van der Waals surface area contributed by atoms with E-state index in [1.54, 1.807) is 25.3 Å². The number of carbonyl (C=O) groups excluding carboxylic acids is 1. The fourth-order valence-electron chi connectivity index (χ4n) is 3.71. The molecule has 31 heavy (non-hydrogen) atoms. The predicted molar refractivity (Wildman–Crippen MR) is 122 cm³/mol. The number of amides is 1. The van der Waals surface area contributed by atoms with Crippen molar-refractivity contribution in [3.8, 4) is 5.75 Å². The van der Waals surface area contributed by atoms with Crippen molar-refractivity contribution in [3.63, 3.8) is 0 Å². The van der Waals surface area contributed by atoms with Crippen LogP contribution in [0, 0.1) is 0 Å². The zero-order valence-corrected chi connectivity index (χ0v) is 19.2. The molecule has 0 bridgehead atoms. The fourth-order valence-corrected chi connectivity index (χ4v) is 5.13. The Hall–Kier alpha value is -2.42. The Balaban J connectivity index is 1.58. The SMILES string of the molecule is CCCc1ccc(S(=O)(=O)N2CCN(C(C)C(=O)Nc3cccc(OC)c3)CC2)cc1. The lowest BCUT2D eigenvalue weighted by molar-refractivity contribution is -0.121. The quantitative estimate of drug-likeness (QED) is 0.676. The van der Waals surface area contributed by atoms with Crippen LogP contribution in [0.2, 0.25) is 0 Å². The first-order valence-electron chi connectivity index (χ1n) is 10.6. The molecule has 1 N–H and O–H groups in total. The minimum atomic E-state index is -3.53. The van der Waals surface area contributed by atoms with E-state index in [4.69, 9.17) is 4.74 Å². The number of hydrogen-bond acceptors (Lipinski definition) is 5. The normalized spacial score (nSPS) is 16.6. The maximum absolute atomic E-state index is 13.0. The monoisotopic (exact) mass is 445 g/mol. The van der Waals surface area contributed by atoms with Crippen LogP contribution in [0.4, 0.5) is 5.69 Å². The number of hydrogen-bond donors (Lipinski definition) is 1. The summed E-state index contributed by atoms with van der Waals surface area (Å²) in [7, 11) is -1.95. The van der Waals surface area contributed by atoms with Crippen molar-refractivity contribution < 1.29 is 17.9 Å². The fraction of sp³-hybridized carbons (Fsp3) is 0.435. The smallest absolute Gasteiger partial charge is 0.243 e. The molecule has 7 nitrogen and oxygen atoms in total. The number of aryl methyl sites for hydroxylation is 1. The summed E-state index contributed by atoms with van der Waals surface area (Å²) in [5.74, 6) is 0.545. The minimum Gasteiger partial charge on any atom is -0.497 e. The number of ether oxygens (including phenoxy) is 1. The van der Waals surface area contributed by atoms with E-state index in [2.05, 4.69) is 12.2 Å². The van der Waals surface area contributed by atoms with E-state index in [9.17, 15) is 13.2 Å². The van der Waals surface area contributed by atoms with Crippen molar-refractivity contribution >= 4 is 21.6 Å². The molecule has 1 atom stereocenters. The van der Waals surface area contributed by atoms with E-state index in [1.165, 1.54) is 4.31 Å². The minimum absolute atomic E-state index is 0.129. The van der Waals surface area contributed by atoms with E-state index in [1.807, 2.05) is 42.2 Å². The van der Waals surface area contributed by atoms with Gasteiger partial charge in [-0.25, -0.2) is 8.42 Å². The number of nitrogens with zero attached hydrogens (tertiary/aromatic N) is 2. The summed E-state index contributed by atoms with van der Waals surface area (Å²) in [5.41, 5.74) is 1.81. The van der Waals surface area contributed by atoms with Crippen molar-refractivity contribution in [2.45, 2.75) is 37.6 Å². The summed E-state index contributed by atoms with van der Waals surface area (Å²) in [6.07, 6.45) is 1.96. The number of benzene rings is 2. The van der Waals surface area contributed by atoms with Gasteiger partial charge in [0, 0.05) is 37.9 Å². The highest BCUT2D eigenvalue weighted by Crippen LogP contribution is 2.21. The van der Waals surface area contributed by atoms with Crippen molar-refractivity contribution in [1.29, 1.82) is 0 Å². The lowest BCUT2D eigenvalue weighted by atomic mass is 10.1. The van der Waals surface area contributed by atoms with Gasteiger partial charge in [0.1, 0.15) is 5.75 Å². The number of anilines is 1. The topological polar surface area (TPSA) is 79.0 Å². The lowest BCUT2D eigenvalue weighted by Gasteiger charge is -2.36. The Morgan fingerprint density at radius 2 is 1.77 bits per heavy atom. The lowest BCUT2D eigenvalue weighted by Crippen LogP contribution is -2.53. The summed E-state index contributed by atoms with van der Waals surface area (Å²) < 4.78 is 32.7. The zero-order chi connectivity index (χ0) is 22.4. The van der Waals surface area contributed by atoms with Crippen LogP contribution in [0.25, 0.3) is 0 Å². The Morgan fingerprint density at radius 1 is 1.10 bits per heavy atom. The van der Waals surface area contributed by atoms with E-state index in [0.717, 1.165) is 18.4 Å². The third-order valence-electron chi connectivity index (χ3n) is 5.64. The standard InChI is InChI=1S/C23H31N3O4S/c1-4-6-19-9-11-22(12-10-19)31(28,29)26-15-13-25(14-16-26)18(2)23(27)24-20-7-5-8-21(17-20)30-3/h5,7-12,17-18H,4,6,13-16H2,1-3H3,(H,24,27). The molecular weight excluding hydrogens is 414 g/mol. The highest BCUT2D eigenvalue weighted by atomic mass is 32.2. The van der Waals surface area contributed by atoms with Gasteiger partial charge < -0.3 is 10.1 Å². The van der Waals surface area contributed by atoms with Gasteiger partial charge in [-0.05, 0) is 43.2 Å². The van der Waals surface area contributed by atoms with Crippen LogP contribution in [0.5, 0.6) is 5.75 Å². The Kier molecular flexibility index (Phi) is 7.69. The first-order valence-corrected chi connectivity index (χ1v) is 12.1. The molecule has 1 amide bonds. The second-order valence-corrected chi connectivity index (χ2v) is 9.67.